The maximum absolute atomic E-state index is 12.2. The van der Waals surface area contributed by atoms with Gasteiger partial charge in [-0.05, 0) is 23.9 Å². The van der Waals surface area contributed by atoms with Gasteiger partial charge in [0.25, 0.3) is 11.5 Å². The molecular formula is C16H22ClN3O2. The van der Waals surface area contributed by atoms with Gasteiger partial charge in [0.15, 0.2) is 0 Å². The van der Waals surface area contributed by atoms with E-state index in [1.807, 2.05) is 12.1 Å². The van der Waals surface area contributed by atoms with Crippen molar-refractivity contribution in [1.29, 1.82) is 0 Å². The number of pyridine rings is 1. The summed E-state index contributed by atoms with van der Waals surface area (Å²) in [6, 6.07) is 8.82. The summed E-state index contributed by atoms with van der Waals surface area (Å²) in [5.74, 6) is -0.288. The van der Waals surface area contributed by atoms with Crippen molar-refractivity contribution in [3.8, 4) is 0 Å². The number of aromatic nitrogens is 1. The molecule has 0 aliphatic rings. The van der Waals surface area contributed by atoms with Gasteiger partial charge in [-0.3, -0.25) is 9.59 Å². The fraction of sp³-hybridized carbons (Fsp3) is 0.375. The van der Waals surface area contributed by atoms with Crippen LogP contribution in [-0.2, 0) is 0 Å². The predicted molar refractivity (Wildman–Crippen MR) is 91.7 cm³/mol. The standard InChI is InChI=1S/C16H21N3O2.ClH/c1-2-3-7-12(10-17)18-16(21)14-9-11-6-4-5-8-13(11)15(20)19-14;/h4-6,8-9,12H,2-3,7,10,17H2,1H3,(H,18,21)(H,19,20);1H. The van der Waals surface area contributed by atoms with Crippen LogP contribution in [0, 0.1) is 0 Å². The molecule has 1 atom stereocenters. The normalized spacial score (nSPS) is 11.7. The molecule has 0 bridgehead atoms. The van der Waals surface area contributed by atoms with Crippen LogP contribution in [0.2, 0.25) is 0 Å². The number of fused-ring (bicyclic) bond motifs is 1. The summed E-state index contributed by atoms with van der Waals surface area (Å²) >= 11 is 0. The minimum atomic E-state index is -0.288. The first kappa shape index (κ1) is 18.2. The zero-order valence-corrected chi connectivity index (χ0v) is 13.4. The van der Waals surface area contributed by atoms with E-state index < -0.39 is 0 Å². The molecule has 1 aromatic carbocycles. The van der Waals surface area contributed by atoms with Crippen LogP contribution in [0.1, 0.15) is 36.7 Å². The lowest BCUT2D eigenvalue weighted by atomic mass is 10.1. The number of nitrogens with two attached hydrogens (primary N) is 1. The number of hydrogen-bond acceptors (Lipinski definition) is 3. The molecule has 5 nitrogen and oxygen atoms in total. The molecule has 0 saturated heterocycles. The summed E-state index contributed by atoms with van der Waals surface area (Å²) in [4.78, 5) is 26.8. The number of halogens is 1. The molecule has 0 aliphatic heterocycles. The lowest BCUT2D eigenvalue weighted by Gasteiger charge is -2.16. The van der Waals surface area contributed by atoms with Gasteiger partial charge >= 0.3 is 0 Å². The SMILES string of the molecule is CCCCC(CN)NC(=O)c1cc2ccccc2c(=O)[nH]1.Cl. The highest BCUT2D eigenvalue weighted by Gasteiger charge is 2.14. The van der Waals surface area contributed by atoms with Crippen molar-refractivity contribution in [3.05, 3.63) is 46.4 Å². The molecular weight excluding hydrogens is 302 g/mol. The van der Waals surface area contributed by atoms with Crippen molar-refractivity contribution in [1.82, 2.24) is 10.3 Å². The number of H-pyrrole nitrogens is 1. The predicted octanol–water partition coefficient (Wildman–Crippen LogP) is 2.20. The number of aromatic amines is 1. The summed E-state index contributed by atoms with van der Waals surface area (Å²) in [7, 11) is 0. The Morgan fingerprint density at radius 3 is 2.77 bits per heavy atom. The summed E-state index contributed by atoms with van der Waals surface area (Å²) in [5, 5.41) is 4.21. The number of nitrogens with one attached hydrogen (secondary N) is 2. The van der Waals surface area contributed by atoms with E-state index in [4.69, 9.17) is 5.73 Å². The molecule has 1 aromatic heterocycles. The Morgan fingerprint density at radius 2 is 2.09 bits per heavy atom. The van der Waals surface area contributed by atoms with E-state index in [0.717, 1.165) is 24.6 Å². The van der Waals surface area contributed by atoms with Gasteiger partial charge < -0.3 is 16.0 Å². The third-order valence-corrected chi connectivity index (χ3v) is 3.52. The lowest BCUT2D eigenvalue weighted by Crippen LogP contribution is -2.40. The van der Waals surface area contributed by atoms with Crippen molar-refractivity contribution < 1.29 is 4.79 Å². The second kappa shape index (κ2) is 8.56. The van der Waals surface area contributed by atoms with Crippen molar-refractivity contribution in [2.45, 2.75) is 32.2 Å². The number of carbonyl (C=O) groups is 1. The van der Waals surface area contributed by atoms with E-state index in [-0.39, 0.29) is 35.6 Å². The van der Waals surface area contributed by atoms with Gasteiger partial charge in [-0.15, -0.1) is 12.4 Å². The highest BCUT2D eigenvalue weighted by Crippen LogP contribution is 2.10. The Hall–Kier alpha value is -1.85. The largest absolute Gasteiger partial charge is 0.347 e. The molecule has 6 heteroatoms. The fourth-order valence-electron chi connectivity index (χ4n) is 2.30. The molecule has 22 heavy (non-hydrogen) atoms. The summed E-state index contributed by atoms with van der Waals surface area (Å²) in [6.07, 6.45) is 2.91. The summed E-state index contributed by atoms with van der Waals surface area (Å²) in [6.45, 7) is 2.49. The van der Waals surface area contributed by atoms with Crippen LogP contribution >= 0.6 is 12.4 Å². The summed E-state index contributed by atoms with van der Waals surface area (Å²) < 4.78 is 0. The van der Waals surface area contributed by atoms with Crippen LogP contribution in [0.3, 0.4) is 0 Å². The average Bonchev–Trinajstić information content (AvgIpc) is 2.51. The van der Waals surface area contributed by atoms with Crippen molar-refractivity contribution in [2.24, 2.45) is 5.73 Å². The molecule has 0 saturated carbocycles. The second-order valence-corrected chi connectivity index (χ2v) is 5.15. The van der Waals surface area contributed by atoms with Crippen molar-refractivity contribution in [3.63, 3.8) is 0 Å². The highest BCUT2D eigenvalue weighted by atomic mass is 35.5. The first-order valence-electron chi connectivity index (χ1n) is 7.28. The van der Waals surface area contributed by atoms with Gasteiger partial charge in [0.1, 0.15) is 5.69 Å². The molecule has 120 valence electrons. The molecule has 0 fully saturated rings. The van der Waals surface area contributed by atoms with E-state index >= 15 is 0 Å². The van der Waals surface area contributed by atoms with Crippen molar-refractivity contribution >= 4 is 29.1 Å². The first-order valence-corrected chi connectivity index (χ1v) is 7.28. The molecule has 1 unspecified atom stereocenters. The number of amides is 1. The Bertz CT molecular complexity index is 684. The number of carbonyl (C=O) groups excluding carboxylic acids is 1. The Balaban J connectivity index is 0.00000242. The van der Waals surface area contributed by atoms with Gasteiger partial charge in [0.2, 0.25) is 0 Å². The van der Waals surface area contributed by atoms with Gasteiger partial charge in [-0.25, -0.2) is 0 Å². The highest BCUT2D eigenvalue weighted by molar-refractivity contribution is 5.96. The third kappa shape index (κ3) is 4.32. The fourth-order valence-corrected chi connectivity index (χ4v) is 2.30. The van der Waals surface area contributed by atoms with Crippen LogP contribution in [0.25, 0.3) is 10.8 Å². The Labute approximate surface area is 135 Å². The maximum atomic E-state index is 12.2. The maximum Gasteiger partial charge on any atom is 0.268 e. The molecule has 0 radical (unpaired) electrons. The van der Waals surface area contributed by atoms with E-state index in [9.17, 15) is 9.59 Å². The van der Waals surface area contributed by atoms with Crippen LogP contribution < -0.4 is 16.6 Å². The van der Waals surface area contributed by atoms with Gasteiger partial charge in [0, 0.05) is 18.0 Å². The first-order chi connectivity index (χ1) is 10.2. The Morgan fingerprint density at radius 1 is 1.36 bits per heavy atom. The molecule has 2 aromatic rings. The third-order valence-electron chi connectivity index (χ3n) is 3.52. The van der Waals surface area contributed by atoms with Crippen LogP contribution in [0.4, 0.5) is 0 Å². The topological polar surface area (TPSA) is 88.0 Å². The van der Waals surface area contributed by atoms with Gasteiger partial charge in [-0.2, -0.15) is 0 Å². The zero-order valence-electron chi connectivity index (χ0n) is 12.6. The van der Waals surface area contributed by atoms with E-state index in [2.05, 4.69) is 17.2 Å². The monoisotopic (exact) mass is 323 g/mol. The quantitative estimate of drug-likeness (QED) is 0.761. The lowest BCUT2D eigenvalue weighted by molar-refractivity contribution is 0.0930. The Kier molecular flexibility index (Phi) is 7.08. The van der Waals surface area contributed by atoms with Gasteiger partial charge in [0.05, 0.1) is 0 Å². The second-order valence-electron chi connectivity index (χ2n) is 5.15. The minimum absolute atomic E-state index is 0. The number of hydrogen-bond donors (Lipinski definition) is 3. The molecule has 1 heterocycles. The number of rotatable bonds is 6. The number of unbranched alkanes of at least 4 members (excludes halogenated alkanes) is 1. The molecule has 4 N–H and O–H groups in total. The van der Waals surface area contributed by atoms with E-state index in [1.54, 1.807) is 18.2 Å². The van der Waals surface area contributed by atoms with E-state index in [0.29, 0.717) is 11.9 Å². The smallest absolute Gasteiger partial charge is 0.268 e. The van der Waals surface area contributed by atoms with Crippen LogP contribution in [-0.4, -0.2) is 23.5 Å². The average molecular weight is 324 g/mol. The van der Waals surface area contributed by atoms with Crippen LogP contribution in [0.15, 0.2) is 35.1 Å². The molecule has 0 spiro atoms. The molecule has 0 aliphatic carbocycles. The van der Waals surface area contributed by atoms with Crippen molar-refractivity contribution in [2.75, 3.05) is 6.54 Å². The summed E-state index contributed by atoms with van der Waals surface area (Å²) in [5.41, 5.74) is 5.69. The van der Waals surface area contributed by atoms with Gasteiger partial charge in [-0.1, -0.05) is 38.0 Å². The number of benzene rings is 1. The minimum Gasteiger partial charge on any atom is -0.347 e. The van der Waals surface area contributed by atoms with E-state index in [1.165, 1.54) is 0 Å². The molecule has 2 rings (SSSR count). The zero-order chi connectivity index (χ0) is 15.2. The van der Waals surface area contributed by atoms with Crippen LogP contribution in [0.5, 0.6) is 0 Å². The molecule has 1 amide bonds.